The average Bonchev–Trinajstić information content (AvgIpc) is 2.75. The molecule has 28 heavy (non-hydrogen) atoms. The fourth-order valence-electron chi connectivity index (χ4n) is 2.51. The van der Waals surface area contributed by atoms with Gasteiger partial charge < -0.3 is 29.4 Å². The Kier molecular flexibility index (Phi) is 7.65. The number of benzene rings is 2. The molecule has 8 heteroatoms. The van der Waals surface area contributed by atoms with E-state index in [1.54, 1.807) is 24.3 Å². The Balaban J connectivity index is 2.11. The summed E-state index contributed by atoms with van der Waals surface area (Å²) < 4.78 is 20.2. The molecule has 0 radical (unpaired) electrons. The molecule has 0 aliphatic carbocycles. The van der Waals surface area contributed by atoms with Crippen molar-refractivity contribution >= 4 is 12.1 Å². The summed E-state index contributed by atoms with van der Waals surface area (Å²) in [4.78, 5) is 24.2. The largest absolute Gasteiger partial charge is 0.493 e. The zero-order valence-electron chi connectivity index (χ0n) is 15.9. The Morgan fingerprint density at radius 1 is 1.00 bits per heavy atom. The van der Waals surface area contributed by atoms with Gasteiger partial charge in [0.05, 0.1) is 21.3 Å². The fourth-order valence-corrected chi connectivity index (χ4v) is 2.51. The van der Waals surface area contributed by atoms with Crippen molar-refractivity contribution in [2.45, 2.75) is 18.8 Å². The number of hydrogen-bond donors (Lipinski definition) is 2. The molecule has 0 bridgehead atoms. The number of carbonyl (C=O) groups is 2. The summed E-state index contributed by atoms with van der Waals surface area (Å²) in [7, 11) is 4.09. The van der Waals surface area contributed by atoms with Crippen LogP contribution < -0.4 is 14.8 Å². The van der Waals surface area contributed by atoms with Gasteiger partial charge in [-0.1, -0.05) is 36.4 Å². The second-order valence-corrected chi connectivity index (χ2v) is 5.77. The SMILES string of the molecule is COC(=O)C(NC(=O)OCc1ccccc1)C(O)c1ccc(OC)c(OC)c1. The van der Waals surface area contributed by atoms with Gasteiger partial charge in [-0.25, -0.2) is 9.59 Å². The second kappa shape index (κ2) is 10.2. The number of methoxy groups -OCH3 is 3. The standard InChI is InChI=1S/C20H23NO7/c1-25-15-10-9-14(11-16(15)26-2)18(22)17(19(23)27-3)21-20(24)28-12-13-7-5-4-6-8-13/h4-11,17-18,22H,12H2,1-3H3,(H,21,24). The van der Waals surface area contributed by atoms with Crippen LogP contribution in [0.2, 0.25) is 0 Å². The van der Waals surface area contributed by atoms with Crippen molar-refractivity contribution < 1.29 is 33.6 Å². The Hall–Kier alpha value is -3.26. The molecule has 0 fully saturated rings. The molecule has 2 aromatic rings. The third-order valence-electron chi connectivity index (χ3n) is 4.01. The maximum Gasteiger partial charge on any atom is 0.408 e. The van der Waals surface area contributed by atoms with Crippen molar-refractivity contribution in [1.82, 2.24) is 5.32 Å². The summed E-state index contributed by atoms with van der Waals surface area (Å²) in [5, 5.41) is 13.0. The molecule has 2 rings (SSSR count). The second-order valence-electron chi connectivity index (χ2n) is 5.77. The number of hydrogen-bond acceptors (Lipinski definition) is 7. The van der Waals surface area contributed by atoms with Crippen LogP contribution in [-0.4, -0.2) is 44.5 Å². The fraction of sp³-hybridized carbons (Fsp3) is 0.300. The minimum Gasteiger partial charge on any atom is -0.493 e. The van der Waals surface area contributed by atoms with Gasteiger partial charge in [0.15, 0.2) is 17.5 Å². The number of rotatable bonds is 8. The first-order valence-corrected chi connectivity index (χ1v) is 8.45. The van der Waals surface area contributed by atoms with Gasteiger partial charge in [0, 0.05) is 0 Å². The molecule has 0 aliphatic rings. The van der Waals surface area contributed by atoms with E-state index in [2.05, 4.69) is 5.32 Å². The normalized spacial score (nSPS) is 12.4. The average molecular weight is 389 g/mol. The van der Waals surface area contributed by atoms with Crippen molar-refractivity contribution in [3.8, 4) is 11.5 Å². The van der Waals surface area contributed by atoms with Crippen LogP contribution in [0.4, 0.5) is 4.79 Å². The molecule has 0 saturated heterocycles. The third-order valence-corrected chi connectivity index (χ3v) is 4.01. The summed E-state index contributed by atoms with van der Waals surface area (Å²) in [6.07, 6.45) is -2.25. The molecule has 0 aliphatic heterocycles. The number of amides is 1. The predicted octanol–water partition coefficient (Wildman–Crippen LogP) is 2.21. The van der Waals surface area contributed by atoms with Crippen LogP contribution in [0, 0.1) is 0 Å². The summed E-state index contributed by atoms with van der Waals surface area (Å²) in [6, 6.07) is 12.3. The highest BCUT2D eigenvalue weighted by Crippen LogP contribution is 2.31. The first-order valence-electron chi connectivity index (χ1n) is 8.45. The van der Waals surface area contributed by atoms with Gasteiger partial charge in [-0.05, 0) is 23.3 Å². The van der Waals surface area contributed by atoms with E-state index >= 15 is 0 Å². The van der Waals surface area contributed by atoms with Crippen LogP contribution in [0.5, 0.6) is 11.5 Å². The van der Waals surface area contributed by atoms with Crippen molar-refractivity contribution in [2.75, 3.05) is 21.3 Å². The summed E-state index contributed by atoms with van der Waals surface area (Å²) in [6.45, 7) is 0.0209. The lowest BCUT2D eigenvalue weighted by atomic mass is 10.0. The molecule has 2 N–H and O–H groups in total. The van der Waals surface area contributed by atoms with Gasteiger partial charge in [0.2, 0.25) is 0 Å². The molecule has 0 saturated carbocycles. The first-order chi connectivity index (χ1) is 13.5. The summed E-state index contributed by atoms with van der Waals surface area (Å²) >= 11 is 0. The number of esters is 1. The number of carbonyl (C=O) groups excluding carboxylic acids is 2. The number of nitrogens with one attached hydrogen (secondary N) is 1. The topological polar surface area (TPSA) is 103 Å². The Morgan fingerprint density at radius 2 is 1.68 bits per heavy atom. The molecule has 0 spiro atoms. The minimum atomic E-state index is -1.39. The number of aliphatic hydroxyl groups is 1. The van der Waals surface area contributed by atoms with Gasteiger partial charge >= 0.3 is 12.1 Å². The highest BCUT2D eigenvalue weighted by atomic mass is 16.6. The number of ether oxygens (including phenoxy) is 4. The lowest BCUT2D eigenvalue weighted by Crippen LogP contribution is -2.45. The molecule has 0 heterocycles. The van der Waals surface area contributed by atoms with E-state index in [1.165, 1.54) is 20.3 Å². The highest BCUT2D eigenvalue weighted by molar-refractivity contribution is 5.82. The molecular formula is C20H23NO7. The quantitative estimate of drug-likeness (QED) is 0.667. The van der Waals surface area contributed by atoms with Crippen LogP contribution in [0.3, 0.4) is 0 Å². The molecule has 0 aromatic heterocycles. The molecule has 8 nitrogen and oxygen atoms in total. The molecule has 2 atom stereocenters. The molecule has 2 unspecified atom stereocenters. The van der Waals surface area contributed by atoms with Crippen LogP contribution >= 0.6 is 0 Å². The Morgan fingerprint density at radius 3 is 2.29 bits per heavy atom. The van der Waals surface area contributed by atoms with Crippen molar-refractivity contribution in [2.24, 2.45) is 0 Å². The minimum absolute atomic E-state index is 0.0209. The number of alkyl carbamates (subject to hydrolysis) is 1. The van der Waals surface area contributed by atoms with Gasteiger partial charge in [0.1, 0.15) is 12.7 Å². The summed E-state index contributed by atoms with van der Waals surface area (Å²) in [5.74, 6) is 0.0107. The molecule has 150 valence electrons. The smallest absolute Gasteiger partial charge is 0.408 e. The van der Waals surface area contributed by atoms with Gasteiger partial charge in [0.25, 0.3) is 0 Å². The van der Waals surface area contributed by atoms with E-state index in [0.29, 0.717) is 17.1 Å². The molecule has 2 aromatic carbocycles. The van der Waals surface area contributed by atoms with Crippen LogP contribution in [0.1, 0.15) is 17.2 Å². The van der Waals surface area contributed by atoms with E-state index in [0.717, 1.165) is 12.7 Å². The molecular weight excluding hydrogens is 366 g/mol. The molecule has 1 amide bonds. The zero-order valence-corrected chi connectivity index (χ0v) is 15.9. The zero-order chi connectivity index (χ0) is 20.5. The van der Waals surface area contributed by atoms with Crippen LogP contribution in [-0.2, 0) is 20.9 Å². The van der Waals surface area contributed by atoms with Crippen LogP contribution in [0.25, 0.3) is 0 Å². The van der Waals surface area contributed by atoms with Gasteiger partial charge in [-0.2, -0.15) is 0 Å². The van der Waals surface area contributed by atoms with E-state index in [-0.39, 0.29) is 6.61 Å². The van der Waals surface area contributed by atoms with E-state index < -0.39 is 24.2 Å². The lowest BCUT2D eigenvalue weighted by Gasteiger charge is -2.22. The van der Waals surface area contributed by atoms with Crippen molar-refractivity contribution in [1.29, 1.82) is 0 Å². The van der Waals surface area contributed by atoms with Gasteiger partial charge in [-0.15, -0.1) is 0 Å². The number of aliphatic hydroxyl groups excluding tert-OH is 1. The Bertz CT molecular complexity index is 794. The Labute approximate surface area is 163 Å². The van der Waals surface area contributed by atoms with Crippen LogP contribution in [0.15, 0.2) is 48.5 Å². The first kappa shape index (κ1) is 21.0. The van der Waals surface area contributed by atoms with Crippen molar-refractivity contribution in [3.05, 3.63) is 59.7 Å². The van der Waals surface area contributed by atoms with E-state index in [1.807, 2.05) is 18.2 Å². The van der Waals surface area contributed by atoms with Gasteiger partial charge in [-0.3, -0.25) is 0 Å². The maximum atomic E-state index is 12.1. The monoisotopic (exact) mass is 389 g/mol. The predicted molar refractivity (Wildman–Crippen MR) is 100 cm³/mol. The van der Waals surface area contributed by atoms with E-state index in [4.69, 9.17) is 18.9 Å². The highest BCUT2D eigenvalue weighted by Gasteiger charge is 2.31. The lowest BCUT2D eigenvalue weighted by molar-refractivity contribution is -0.146. The maximum absolute atomic E-state index is 12.1. The third kappa shape index (κ3) is 5.37. The summed E-state index contributed by atoms with van der Waals surface area (Å²) in [5.41, 5.74) is 1.11. The van der Waals surface area contributed by atoms with Crippen molar-refractivity contribution in [3.63, 3.8) is 0 Å². The van der Waals surface area contributed by atoms with E-state index in [9.17, 15) is 14.7 Å².